The van der Waals surface area contributed by atoms with E-state index in [9.17, 15) is 9.18 Å². The molecule has 0 fully saturated rings. The van der Waals surface area contributed by atoms with Crippen molar-refractivity contribution in [3.05, 3.63) is 64.4 Å². The lowest BCUT2D eigenvalue weighted by Gasteiger charge is -2.15. The number of aromatic nitrogens is 1. The Hall–Kier alpha value is -2.93. The molecule has 0 saturated carbocycles. The van der Waals surface area contributed by atoms with E-state index in [0.717, 1.165) is 5.01 Å². The number of Topliss-reactive ketones (excluding diaryl/α,β-unsaturated/α-hetero) is 1. The zero-order chi connectivity index (χ0) is 19.2. The predicted octanol–water partition coefficient (Wildman–Crippen LogP) is 4.45. The second kappa shape index (κ2) is 8.64. The van der Waals surface area contributed by atoms with Gasteiger partial charge in [-0.15, -0.1) is 11.3 Å². The number of hydrogen-bond donors (Lipinski definition) is 0. The number of nitrogens with zero attached hydrogens (tertiary/aromatic N) is 1. The molecule has 5 nitrogen and oxygen atoms in total. The van der Waals surface area contributed by atoms with Crippen molar-refractivity contribution >= 4 is 17.1 Å². The molecule has 27 heavy (non-hydrogen) atoms. The summed E-state index contributed by atoms with van der Waals surface area (Å²) >= 11 is 1.43. The lowest BCUT2D eigenvalue weighted by atomic mass is 10.1. The van der Waals surface area contributed by atoms with Crippen LogP contribution in [0.1, 0.15) is 10.6 Å². The molecule has 1 aromatic heterocycles. The molecule has 0 atom stereocenters. The molecule has 0 N–H and O–H groups in total. The van der Waals surface area contributed by atoms with Crippen LogP contribution >= 0.6 is 11.3 Å². The van der Waals surface area contributed by atoms with Gasteiger partial charge in [0.1, 0.15) is 17.3 Å². The van der Waals surface area contributed by atoms with Gasteiger partial charge in [-0.3, -0.25) is 4.79 Å². The summed E-state index contributed by atoms with van der Waals surface area (Å²) in [7, 11) is 2.96. The van der Waals surface area contributed by atoms with Crippen molar-refractivity contribution in [2.45, 2.75) is 12.8 Å². The van der Waals surface area contributed by atoms with Crippen molar-refractivity contribution < 1.29 is 23.4 Å². The summed E-state index contributed by atoms with van der Waals surface area (Å²) in [6.45, 7) is 0. The topological polar surface area (TPSA) is 57.7 Å². The molecule has 0 aliphatic carbocycles. The summed E-state index contributed by atoms with van der Waals surface area (Å²) in [5.74, 6) is 0.527. The Morgan fingerprint density at radius 2 is 1.96 bits per heavy atom. The molecular formula is C20H18FNO4S. The lowest BCUT2D eigenvalue weighted by molar-refractivity contribution is -0.117. The second-order valence-electron chi connectivity index (χ2n) is 5.67. The van der Waals surface area contributed by atoms with Crippen LogP contribution in [0.25, 0.3) is 0 Å². The molecule has 7 heteroatoms. The molecule has 0 saturated heterocycles. The average molecular weight is 387 g/mol. The Kier molecular flexibility index (Phi) is 6.03. The van der Waals surface area contributed by atoms with E-state index in [4.69, 9.17) is 14.2 Å². The Morgan fingerprint density at radius 3 is 2.67 bits per heavy atom. The van der Waals surface area contributed by atoms with Crippen molar-refractivity contribution in [2.75, 3.05) is 14.2 Å². The van der Waals surface area contributed by atoms with Crippen LogP contribution in [0.4, 0.5) is 4.39 Å². The number of para-hydroxylation sites is 1. The predicted molar refractivity (Wildman–Crippen MR) is 101 cm³/mol. The van der Waals surface area contributed by atoms with E-state index in [0.29, 0.717) is 17.1 Å². The molecule has 3 rings (SSSR count). The normalized spacial score (nSPS) is 10.5. The monoisotopic (exact) mass is 387 g/mol. The van der Waals surface area contributed by atoms with Gasteiger partial charge in [0.15, 0.2) is 11.6 Å². The summed E-state index contributed by atoms with van der Waals surface area (Å²) in [6, 6.07) is 9.51. The maximum Gasteiger partial charge on any atom is 0.204 e. The van der Waals surface area contributed by atoms with Crippen molar-refractivity contribution in [3.8, 4) is 23.0 Å². The fourth-order valence-electron chi connectivity index (χ4n) is 2.55. The van der Waals surface area contributed by atoms with Gasteiger partial charge in [0, 0.05) is 29.6 Å². The number of carbonyl (C=O) groups excluding carboxylic acids is 1. The molecular weight excluding hydrogens is 369 g/mol. The third kappa shape index (κ3) is 4.62. The number of ketones is 1. The van der Waals surface area contributed by atoms with Crippen molar-refractivity contribution in [1.82, 2.24) is 4.98 Å². The Bertz CT molecular complexity index is 928. The minimum atomic E-state index is -0.558. The Balaban J connectivity index is 1.88. The smallest absolute Gasteiger partial charge is 0.204 e. The maximum atomic E-state index is 14.2. The molecule has 3 aromatic rings. The molecule has 0 aliphatic rings. The lowest BCUT2D eigenvalue weighted by Crippen LogP contribution is -2.08. The van der Waals surface area contributed by atoms with E-state index < -0.39 is 5.82 Å². The van der Waals surface area contributed by atoms with E-state index in [1.807, 2.05) is 5.38 Å². The second-order valence-corrected chi connectivity index (χ2v) is 6.64. The van der Waals surface area contributed by atoms with Gasteiger partial charge in [-0.1, -0.05) is 12.1 Å². The zero-order valence-corrected chi connectivity index (χ0v) is 15.7. The molecule has 0 unspecified atom stereocenters. The SMILES string of the molecule is COc1ccc(CC(=O)Cc2nccs2)c(Oc2c(F)cccc2OC)c1. The number of methoxy groups -OCH3 is 2. The third-order valence-electron chi connectivity index (χ3n) is 3.86. The summed E-state index contributed by atoms with van der Waals surface area (Å²) in [4.78, 5) is 16.5. The van der Waals surface area contributed by atoms with E-state index in [1.54, 1.807) is 30.5 Å². The first kappa shape index (κ1) is 18.8. The van der Waals surface area contributed by atoms with Crippen LogP contribution in [-0.2, 0) is 17.6 Å². The largest absolute Gasteiger partial charge is 0.497 e. The van der Waals surface area contributed by atoms with E-state index in [2.05, 4.69) is 4.98 Å². The first-order valence-corrected chi connectivity index (χ1v) is 9.06. The molecule has 0 amide bonds. The average Bonchev–Trinajstić information content (AvgIpc) is 3.17. The van der Waals surface area contributed by atoms with E-state index >= 15 is 0 Å². The van der Waals surface area contributed by atoms with Crippen LogP contribution in [0.5, 0.6) is 23.0 Å². The minimum absolute atomic E-state index is 0.0135. The van der Waals surface area contributed by atoms with Crippen LogP contribution in [-0.4, -0.2) is 25.0 Å². The van der Waals surface area contributed by atoms with Gasteiger partial charge in [-0.05, 0) is 18.2 Å². The highest BCUT2D eigenvalue weighted by Gasteiger charge is 2.17. The van der Waals surface area contributed by atoms with Crippen LogP contribution in [0.15, 0.2) is 48.0 Å². The van der Waals surface area contributed by atoms with Gasteiger partial charge in [-0.2, -0.15) is 0 Å². The zero-order valence-electron chi connectivity index (χ0n) is 14.9. The Morgan fingerprint density at radius 1 is 1.11 bits per heavy atom. The summed E-state index contributed by atoms with van der Waals surface area (Å²) in [6.07, 6.45) is 2.04. The standard InChI is InChI=1S/C20H18FNO4S/c1-24-15-7-6-13(10-14(23)11-19-22-8-9-27-19)18(12-15)26-20-16(21)4-3-5-17(20)25-2/h3-9,12H,10-11H2,1-2H3. The quantitative estimate of drug-likeness (QED) is 0.572. The van der Waals surface area contributed by atoms with E-state index in [-0.39, 0.29) is 30.1 Å². The first-order chi connectivity index (χ1) is 13.1. The van der Waals surface area contributed by atoms with Crippen LogP contribution in [0.2, 0.25) is 0 Å². The van der Waals surface area contributed by atoms with Crippen LogP contribution in [0, 0.1) is 5.82 Å². The summed E-state index contributed by atoms with van der Waals surface area (Å²) in [5, 5.41) is 2.58. The summed E-state index contributed by atoms with van der Waals surface area (Å²) in [5.41, 5.74) is 0.627. The molecule has 2 aromatic carbocycles. The fraction of sp³-hybridized carbons (Fsp3) is 0.200. The number of carbonyl (C=O) groups is 1. The van der Waals surface area contributed by atoms with Gasteiger partial charge in [0.2, 0.25) is 5.75 Å². The molecule has 0 bridgehead atoms. The number of rotatable bonds is 8. The molecule has 0 aliphatic heterocycles. The van der Waals surface area contributed by atoms with Crippen LogP contribution in [0.3, 0.4) is 0 Å². The van der Waals surface area contributed by atoms with Crippen molar-refractivity contribution in [1.29, 1.82) is 0 Å². The van der Waals surface area contributed by atoms with Crippen LogP contribution < -0.4 is 14.2 Å². The van der Waals surface area contributed by atoms with Gasteiger partial charge in [-0.25, -0.2) is 9.37 Å². The number of thiazole rings is 1. The van der Waals surface area contributed by atoms with Crippen molar-refractivity contribution in [3.63, 3.8) is 0 Å². The molecule has 0 spiro atoms. The van der Waals surface area contributed by atoms with Gasteiger partial charge >= 0.3 is 0 Å². The van der Waals surface area contributed by atoms with Gasteiger partial charge < -0.3 is 14.2 Å². The fourth-order valence-corrected chi connectivity index (χ4v) is 3.19. The Labute approximate surface area is 160 Å². The van der Waals surface area contributed by atoms with E-state index in [1.165, 1.54) is 37.7 Å². The molecule has 0 radical (unpaired) electrons. The minimum Gasteiger partial charge on any atom is -0.497 e. The first-order valence-electron chi connectivity index (χ1n) is 8.18. The highest BCUT2D eigenvalue weighted by molar-refractivity contribution is 7.09. The molecule has 140 valence electrons. The highest BCUT2D eigenvalue weighted by Crippen LogP contribution is 2.37. The molecule has 1 heterocycles. The van der Waals surface area contributed by atoms with Crippen molar-refractivity contribution in [2.24, 2.45) is 0 Å². The highest BCUT2D eigenvalue weighted by atomic mass is 32.1. The van der Waals surface area contributed by atoms with Gasteiger partial charge in [0.25, 0.3) is 0 Å². The number of benzene rings is 2. The number of halogens is 1. The summed E-state index contributed by atoms with van der Waals surface area (Å²) < 4.78 is 30.4. The third-order valence-corrected chi connectivity index (χ3v) is 4.64. The number of hydrogen-bond acceptors (Lipinski definition) is 6. The number of ether oxygens (including phenoxy) is 3. The van der Waals surface area contributed by atoms with Gasteiger partial charge in [0.05, 0.1) is 25.6 Å². The maximum absolute atomic E-state index is 14.2.